The molecule has 0 aliphatic carbocycles. The van der Waals surface area contributed by atoms with E-state index in [1.165, 1.54) is 24.3 Å². The molecule has 0 saturated carbocycles. The first kappa shape index (κ1) is 13.2. The molecule has 0 aromatic heterocycles. The molecule has 6 heteroatoms. The normalized spacial score (nSPS) is 16.3. The summed E-state index contributed by atoms with van der Waals surface area (Å²) in [6.45, 7) is 0.431. The number of hydrogen-bond donors (Lipinski definition) is 2. The Morgan fingerprint density at radius 3 is 2.83 bits per heavy atom. The van der Waals surface area contributed by atoms with Crippen LogP contribution in [0, 0.1) is 22.7 Å². The minimum atomic E-state index is -0.170. The third-order valence-electron chi connectivity index (χ3n) is 2.24. The van der Waals surface area contributed by atoms with Crippen LogP contribution in [-0.2, 0) is 4.74 Å². The van der Waals surface area contributed by atoms with Crippen LogP contribution in [0.5, 0.6) is 0 Å². The van der Waals surface area contributed by atoms with Crippen LogP contribution in [-0.4, -0.2) is 23.7 Å². The van der Waals surface area contributed by atoms with Gasteiger partial charge in [-0.1, -0.05) is 6.08 Å². The Kier molecular flexibility index (Phi) is 4.42. The van der Waals surface area contributed by atoms with Gasteiger partial charge in [-0.3, -0.25) is 0 Å². The van der Waals surface area contributed by atoms with Crippen LogP contribution in [0.25, 0.3) is 0 Å². The highest BCUT2D eigenvalue weighted by Gasteiger charge is 2.13. The smallest absolute Gasteiger partial charge is 0.234 e. The fourth-order valence-corrected chi connectivity index (χ4v) is 1.28. The highest BCUT2D eigenvalue weighted by atomic mass is 16.5. The number of hydrogen-bond acceptors (Lipinski definition) is 6. The van der Waals surface area contributed by atoms with Crippen molar-refractivity contribution in [1.29, 1.82) is 10.5 Å². The van der Waals surface area contributed by atoms with Crippen molar-refractivity contribution in [1.82, 2.24) is 4.90 Å². The summed E-state index contributed by atoms with van der Waals surface area (Å²) in [6.07, 6.45) is 6.25. The van der Waals surface area contributed by atoms with Gasteiger partial charge in [0.2, 0.25) is 5.88 Å². The van der Waals surface area contributed by atoms with E-state index < -0.39 is 0 Å². The Hall–Kier alpha value is -2.86. The minimum absolute atomic E-state index is 0.0406. The maximum Gasteiger partial charge on any atom is 0.234 e. The van der Waals surface area contributed by atoms with Crippen molar-refractivity contribution in [3.05, 3.63) is 47.3 Å². The standard InChI is InChI=1S/C12H12N4O2/c1-18-11-3-2-5-16(12(11)17)6-4-9(7-13)10(15)8-14/h2-4,6,17H,5,15H2,1H3/b6-4+,10-9-. The van der Waals surface area contributed by atoms with Gasteiger partial charge in [0.05, 0.1) is 12.7 Å². The van der Waals surface area contributed by atoms with Crippen LogP contribution in [0.4, 0.5) is 0 Å². The van der Waals surface area contributed by atoms with E-state index in [0.717, 1.165) is 0 Å². The number of nitriles is 2. The number of nitrogens with two attached hydrogens (primary N) is 1. The SMILES string of the molecule is COC1=C(O)N(/C=C/C(C#N)=C(/N)C#N)CC=C1. The number of nitrogens with zero attached hydrogens (tertiary/aromatic N) is 3. The van der Waals surface area contributed by atoms with E-state index >= 15 is 0 Å². The summed E-state index contributed by atoms with van der Waals surface area (Å²) in [7, 11) is 1.44. The molecular formula is C12H12N4O2. The average molecular weight is 244 g/mol. The molecule has 0 radical (unpaired) electrons. The second kappa shape index (κ2) is 6.02. The number of aliphatic hydroxyl groups is 1. The van der Waals surface area contributed by atoms with Crippen molar-refractivity contribution in [3.63, 3.8) is 0 Å². The van der Waals surface area contributed by atoms with Gasteiger partial charge in [0.25, 0.3) is 0 Å². The van der Waals surface area contributed by atoms with Gasteiger partial charge < -0.3 is 20.5 Å². The lowest BCUT2D eigenvalue weighted by molar-refractivity contribution is 0.200. The number of rotatable bonds is 3. The van der Waals surface area contributed by atoms with Gasteiger partial charge in [-0.05, 0) is 12.2 Å². The molecule has 0 fully saturated rings. The lowest BCUT2D eigenvalue weighted by Gasteiger charge is -2.22. The molecule has 1 heterocycles. The summed E-state index contributed by atoms with van der Waals surface area (Å²) in [5.41, 5.74) is 5.22. The maximum atomic E-state index is 9.79. The first-order valence-corrected chi connectivity index (χ1v) is 5.02. The van der Waals surface area contributed by atoms with Crippen LogP contribution >= 0.6 is 0 Å². The molecule has 3 N–H and O–H groups in total. The molecule has 1 aliphatic heterocycles. The summed E-state index contributed by atoms with van der Waals surface area (Å²) in [5.74, 6) is 0.255. The van der Waals surface area contributed by atoms with Gasteiger partial charge >= 0.3 is 0 Å². The van der Waals surface area contributed by atoms with Gasteiger partial charge in [0, 0.05) is 12.7 Å². The lowest BCUT2D eigenvalue weighted by atomic mass is 10.2. The van der Waals surface area contributed by atoms with E-state index in [1.807, 2.05) is 0 Å². The molecule has 0 saturated heterocycles. The lowest BCUT2D eigenvalue weighted by Crippen LogP contribution is -2.21. The van der Waals surface area contributed by atoms with Crippen molar-refractivity contribution in [2.75, 3.05) is 13.7 Å². The topological polar surface area (TPSA) is 106 Å². The fourth-order valence-electron chi connectivity index (χ4n) is 1.28. The Morgan fingerprint density at radius 1 is 1.56 bits per heavy atom. The van der Waals surface area contributed by atoms with Crippen LogP contribution < -0.4 is 5.73 Å². The average Bonchev–Trinajstić information content (AvgIpc) is 2.40. The van der Waals surface area contributed by atoms with Gasteiger partial charge in [-0.25, -0.2) is 0 Å². The molecule has 1 rings (SSSR count). The van der Waals surface area contributed by atoms with Crippen LogP contribution in [0.3, 0.4) is 0 Å². The minimum Gasteiger partial charge on any atom is -0.492 e. The second-order valence-corrected chi connectivity index (χ2v) is 3.31. The van der Waals surface area contributed by atoms with Crippen molar-refractivity contribution >= 4 is 0 Å². The third-order valence-corrected chi connectivity index (χ3v) is 2.24. The van der Waals surface area contributed by atoms with Crippen molar-refractivity contribution < 1.29 is 9.84 Å². The molecule has 0 amide bonds. The van der Waals surface area contributed by atoms with E-state index in [9.17, 15) is 5.11 Å². The molecule has 0 atom stereocenters. The Bertz CT molecular complexity index is 529. The van der Waals surface area contributed by atoms with E-state index in [4.69, 9.17) is 21.0 Å². The van der Waals surface area contributed by atoms with Crippen LogP contribution in [0.15, 0.2) is 47.3 Å². The zero-order valence-corrected chi connectivity index (χ0v) is 9.79. The highest BCUT2D eigenvalue weighted by molar-refractivity contribution is 5.42. The third kappa shape index (κ3) is 2.83. The summed E-state index contributed by atoms with van der Waals surface area (Å²) in [5, 5.41) is 27.2. The molecule has 0 bridgehead atoms. The van der Waals surface area contributed by atoms with Gasteiger partial charge in [-0.2, -0.15) is 10.5 Å². The second-order valence-electron chi connectivity index (χ2n) is 3.31. The summed E-state index contributed by atoms with van der Waals surface area (Å²) < 4.78 is 4.95. The van der Waals surface area contributed by atoms with Gasteiger partial charge in [0.1, 0.15) is 17.8 Å². The molecule has 6 nitrogen and oxygen atoms in total. The number of methoxy groups -OCH3 is 1. The Balaban J connectivity index is 2.94. The van der Waals surface area contributed by atoms with E-state index in [0.29, 0.717) is 12.3 Å². The van der Waals surface area contributed by atoms with Crippen molar-refractivity contribution in [2.45, 2.75) is 0 Å². The molecular weight excluding hydrogens is 232 g/mol. The van der Waals surface area contributed by atoms with Gasteiger partial charge in [-0.15, -0.1) is 0 Å². The number of ether oxygens (including phenoxy) is 1. The van der Waals surface area contributed by atoms with E-state index in [2.05, 4.69) is 0 Å². The molecule has 18 heavy (non-hydrogen) atoms. The summed E-state index contributed by atoms with van der Waals surface area (Å²) in [6, 6.07) is 3.49. The molecule has 0 spiro atoms. The summed E-state index contributed by atoms with van der Waals surface area (Å²) >= 11 is 0. The molecule has 92 valence electrons. The van der Waals surface area contributed by atoms with Crippen molar-refractivity contribution in [2.24, 2.45) is 5.73 Å². The molecule has 0 aromatic carbocycles. The van der Waals surface area contributed by atoms with E-state index in [1.54, 1.807) is 24.3 Å². The monoisotopic (exact) mass is 244 g/mol. The quantitative estimate of drug-likeness (QED) is 0.566. The summed E-state index contributed by atoms with van der Waals surface area (Å²) in [4.78, 5) is 1.46. The van der Waals surface area contributed by atoms with Gasteiger partial charge in [0.15, 0.2) is 5.76 Å². The van der Waals surface area contributed by atoms with Crippen LogP contribution in [0.2, 0.25) is 0 Å². The Morgan fingerprint density at radius 2 is 2.28 bits per heavy atom. The molecule has 1 aliphatic rings. The molecule has 0 aromatic rings. The zero-order valence-electron chi connectivity index (χ0n) is 9.79. The maximum absolute atomic E-state index is 9.79. The van der Waals surface area contributed by atoms with Crippen molar-refractivity contribution in [3.8, 4) is 12.1 Å². The number of allylic oxidation sites excluding steroid dienone is 4. The first-order valence-electron chi connectivity index (χ1n) is 5.02. The predicted molar refractivity (Wildman–Crippen MR) is 64.1 cm³/mol. The Labute approximate surface area is 105 Å². The van der Waals surface area contributed by atoms with Crippen LogP contribution in [0.1, 0.15) is 0 Å². The number of aliphatic hydroxyl groups excluding tert-OH is 1. The largest absolute Gasteiger partial charge is 0.492 e. The predicted octanol–water partition coefficient (Wildman–Crippen LogP) is 1.01. The fraction of sp³-hybridized carbons (Fsp3) is 0.167. The zero-order chi connectivity index (χ0) is 13.5. The highest BCUT2D eigenvalue weighted by Crippen LogP contribution is 2.16. The van der Waals surface area contributed by atoms with E-state index in [-0.39, 0.29) is 17.2 Å². The first-order chi connectivity index (χ1) is 8.63. The molecule has 0 unspecified atom stereocenters.